The first-order valence-corrected chi connectivity index (χ1v) is 7.49. The predicted molar refractivity (Wildman–Crippen MR) is 69.0 cm³/mol. The Morgan fingerprint density at radius 1 is 1.41 bits per heavy atom. The maximum absolute atomic E-state index is 11.8. The van der Waals surface area contributed by atoms with Crippen LogP contribution in [0, 0.1) is 0 Å². The van der Waals surface area contributed by atoms with Gasteiger partial charge < -0.3 is 10.6 Å². The van der Waals surface area contributed by atoms with Gasteiger partial charge in [0.05, 0.1) is 0 Å². The quantitative estimate of drug-likeness (QED) is 0.844. The number of rotatable bonds is 5. The Hall–Kier alpha value is -1.24. The van der Waals surface area contributed by atoms with Gasteiger partial charge in [-0.05, 0) is 13.3 Å². The maximum Gasteiger partial charge on any atom is 0.182 e. The van der Waals surface area contributed by atoms with E-state index < -0.39 is 9.84 Å². The van der Waals surface area contributed by atoms with E-state index in [9.17, 15) is 8.42 Å². The van der Waals surface area contributed by atoms with Crippen LogP contribution in [0.1, 0.15) is 20.3 Å². The van der Waals surface area contributed by atoms with Gasteiger partial charge in [0.25, 0.3) is 0 Å². The summed E-state index contributed by atoms with van der Waals surface area (Å²) in [7, 11) is -1.57. The van der Waals surface area contributed by atoms with E-state index in [-0.39, 0.29) is 10.7 Å². The van der Waals surface area contributed by atoms with Gasteiger partial charge in [0, 0.05) is 26.4 Å². The zero-order chi connectivity index (χ0) is 13.2. The second-order valence-corrected chi connectivity index (χ2v) is 6.00. The van der Waals surface area contributed by atoms with Crippen molar-refractivity contribution >= 4 is 21.5 Å². The van der Waals surface area contributed by atoms with E-state index in [1.165, 1.54) is 0 Å². The van der Waals surface area contributed by atoms with Crippen molar-refractivity contribution in [2.75, 3.05) is 30.5 Å². The van der Waals surface area contributed by atoms with E-state index in [0.717, 1.165) is 12.7 Å². The highest BCUT2D eigenvalue weighted by molar-refractivity contribution is 7.91. The van der Waals surface area contributed by atoms with Gasteiger partial charge in [0.1, 0.15) is 5.82 Å². The van der Waals surface area contributed by atoms with Crippen LogP contribution >= 0.6 is 0 Å². The van der Waals surface area contributed by atoms with Crippen molar-refractivity contribution in [2.24, 2.45) is 0 Å². The van der Waals surface area contributed by atoms with Crippen molar-refractivity contribution in [3.8, 4) is 0 Å². The summed E-state index contributed by atoms with van der Waals surface area (Å²) in [6.07, 6.45) is 2.01. The lowest BCUT2D eigenvalue weighted by Gasteiger charge is -2.14. The van der Waals surface area contributed by atoms with Crippen LogP contribution in [0.2, 0.25) is 0 Å². The summed E-state index contributed by atoms with van der Waals surface area (Å²) >= 11 is 0. The molecule has 1 rings (SSSR count). The first kappa shape index (κ1) is 13.8. The molecule has 0 atom stereocenters. The van der Waals surface area contributed by atoms with Crippen LogP contribution < -0.4 is 10.6 Å². The molecule has 0 amide bonds. The van der Waals surface area contributed by atoms with Crippen LogP contribution in [0.4, 0.5) is 11.6 Å². The highest BCUT2D eigenvalue weighted by Crippen LogP contribution is 2.29. The fourth-order valence-electron chi connectivity index (χ4n) is 1.58. The Balaban J connectivity index is 3.43. The largest absolute Gasteiger partial charge is 0.383 e. The molecule has 1 aromatic heterocycles. The molecule has 1 aromatic rings. The average Bonchev–Trinajstić information content (AvgIpc) is 2.55. The highest BCUT2D eigenvalue weighted by Gasteiger charge is 2.25. The standard InChI is InChI=1S/C10H20N4O2S/c1-5-7-14-9(11)8(17(4,15)16)10(12-14)13(3)6-2/h5-7,11H2,1-4H3. The molecule has 0 saturated heterocycles. The monoisotopic (exact) mass is 260 g/mol. The van der Waals surface area contributed by atoms with Crippen molar-refractivity contribution in [3.05, 3.63) is 0 Å². The van der Waals surface area contributed by atoms with Crippen molar-refractivity contribution in [3.63, 3.8) is 0 Å². The van der Waals surface area contributed by atoms with Gasteiger partial charge in [0.2, 0.25) is 0 Å². The van der Waals surface area contributed by atoms with Crippen molar-refractivity contribution in [1.82, 2.24) is 9.78 Å². The number of aromatic nitrogens is 2. The number of anilines is 2. The van der Waals surface area contributed by atoms with E-state index in [2.05, 4.69) is 5.10 Å². The van der Waals surface area contributed by atoms with Gasteiger partial charge in [-0.1, -0.05) is 6.92 Å². The van der Waals surface area contributed by atoms with Crippen LogP contribution in [-0.2, 0) is 16.4 Å². The van der Waals surface area contributed by atoms with Crippen LogP contribution in [-0.4, -0.2) is 38.0 Å². The predicted octanol–water partition coefficient (Wildman–Crippen LogP) is 0.735. The molecule has 6 nitrogen and oxygen atoms in total. The Kier molecular flexibility index (Phi) is 4.03. The molecule has 0 saturated carbocycles. The molecule has 0 aliphatic rings. The van der Waals surface area contributed by atoms with Crippen molar-refractivity contribution < 1.29 is 8.42 Å². The molecule has 0 spiro atoms. The van der Waals surface area contributed by atoms with Gasteiger partial charge in [-0.15, -0.1) is 0 Å². The number of sulfone groups is 1. The molecular weight excluding hydrogens is 240 g/mol. The SMILES string of the molecule is CCCn1nc(N(C)CC)c(S(C)(=O)=O)c1N. The summed E-state index contributed by atoms with van der Waals surface area (Å²) in [5, 5.41) is 4.28. The lowest BCUT2D eigenvalue weighted by atomic mass is 10.5. The maximum atomic E-state index is 11.8. The summed E-state index contributed by atoms with van der Waals surface area (Å²) in [6.45, 7) is 5.21. The molecule has 1 heterocycles. The normalized spacial score (nSPS) is 11.8. The lowest BCUT2D eigenvalue weighted by molar-refractivity contribution is 0.600. The van der Waals surface area contributed by atoms with E-state index >= 15 is 0 Å². The topological polar surface area (TPSA) is 81.2 Å². The second kappa shape index (κ2) is 4.95. The van der Waals surface area contributed by atoms with Gasteiger partial charge in [0.15, 0.2) is 20.6 Å². The Morgan fingerprint density at radius 3 is 2.41 bits per heavy atom. The molecule has 0 fully saturated rings. The fourth-order valence-corrected chi connectivity index (χ4v) is 2.60. The van der Waals surface area contributed by atoms with Gasteiger partial charge in [-0.2, -0.15) is 5.10 Å². The van der Waals surface area contributed by atoms with Crippen LogP contribution in [0.25, 0.3) is 0 Å². The zero-order valence-corrected chi connectivity index (χ0v) is 11.6. The summed E-state index contributed by atoms with van der Waals surface area (Å²) in [5.41, 5.74) is 5.86. The van der Waals surface area contributed by atoms with Crippen LogP contribution in [0.3, 0.4) is 0 Å². The van der Waals surface area contributed by atoms with Gasteiger partial charge >= 0.3 is 0 Å². The minimum atomic E-state index is -3.37. The van der Waals surface area contributed by atoms with Crippen molar-refractivity contribution in [1.29, 1.82) is 0 Å². The Labute approximate surface area is 102 Å². The Bertz CT molecular complexity index is 493. The second-order valence-electron chi connectivity index (χ2n) is 4.05. The summed E-state index contributed by atoms with van der Waals surface area (Å²) in [5.74, 6) is 0.658. The molecule has 0 unspecified atom stereocenters. The van der Waals surface area contributed by atoms with E-state index in [1.807, 2.05) is 13.8 Å². The molecule has 0 bridgehead atoms. The number of nitrogens with zero attached hydrogens (tertiary/aromatic N) is 3. The van der Waals surface area contributed by atoms with E-state index in [1.54, 1.807) is 16.6 Å². The van der Waals surface area contributed by atoms with Gasteiger partial charge in [-0.3, -0.25) is 0 Å². The molecule has 7 heteroatoms. The fraction of sp³-hybridized carbons (Fsp3) is 0.700. The number of hydrogen-bond acceptors (Lipinski definition) is 5. The Morgan fingerprint density at radius 2 is 2.00 bits per heavy atom. The number of hydrogen-bond donors (Lipinski definition) is 1. The number of aryl methyl sites for hydroxylation is 1. The molecule has 2 N–H and O–H groups in total. The van der Waals surface area contributed by atoms with E-state index in [4.69, 9.17) is 5.73 Å². The van der Waals surface area contributed by atoms with Crippen molar-refractivity contribution in [2.45, 2.75) is 31.7 Å². The lowest BCUT2D eigenvalue weighted by Crippen LogP contribution is -2.19. The molecule has 17 heavy (non-hydrogen) atoms. The summed E-state index contributed by atoms with van der Waals surface area (Å²) < 4.78 is 25.1. The van der Waals surface area contributed by atoms with Crippen LogP contribution in [0.15, 0.2) is 4.90 Å². The first-order chi connectivity index (χ1) is 7.82. The average molecular weight is 260 g/mol. The smallest absolute Gasteiger partial charge is 0.182 e. The molecule has 98 valence electrons. The summed E-state index contributed by atoms with van der Waals surface area (Å²) in [4.78, 5) is 1.91. The third-order valence-electron chi connectivity index (χ3n) is 2.57. The first-order valence-electron chi connectivity index (χ1n) is 5.60. The third kappa shape index (κ3) is 2.71. The number of nitrogen functional groups attached to an aromatic ring is 1. The van der Waals surface area contributed by atoms with E-state index in [0.29, 0.717) is 18.9 Å². The van der Waals surface area contributed by atoms with Gasteiger partial charge in [-0.25, -0.2) is 13.1 Å². The summed E-state index contributed by atoms with van der Waals surface area (Å²) in [6, 6.07) is 0. The molecule has 0 aliphatic carbocycles. The highest BCUT2D eigenvalue weighted by atomic mass is 32.2. The van der Waals surface area contributed by atoms with Crippen LogP contribution in [0.5, 0.6) is 0 Å². The molecule has 0 aliphatic heterocycles. The zero-order valence-electron chi connectivity index (χ0n) is 10.8. The third-order valence-corrected chi connectivity index (χ3v) is 3.70. The minimum Gasteiger partial charge on any atom is -0.383 e. The number of nitrogens with two attached hydrogens (primary N) is 1. The minimum absolute atomic E-state index is 0.135. The molecule has 0 aromatic carbocycles. The molecule has 0 radical (unpaired) electrons. The molecular formula is C10H20N4O2S.